The number of aryl methyl sites for hydroxylation is 1. The molecule has 1 N–H and O–H groups in total. The van der Waals surface area contributed by atoms with Gasteiger partial charge in [0.25, 0.3) is 5.91 Å². The Morgan fingerprint density at radius 2 is 2.00 bits per heavy atom. The van der Waals surface area contributed by atoms with Gasteiger partial charge in [-0.25, -0.2) is 0 Å². The van der Waals surface area contributed by atoms with E-state index in [2.05, 4.69) is 26.1 Å². The lowest BCUT2D eigenvalue weighted by molar-refractivity contribution is 0.0939. The third-order valence-corrected chi connectivity index (χ3v) is 4.28. The molecule has 0 spiro atoms. The molecule has 1 saturated heterocycles. The van der Waals surface area contributed by atoms with Gasteiger partial charge in [-0.1, -0.05) is 12.8 Å². The van der Waals surface area contributed by atoms with Crippen LogP contribution in [0.3, 0.4) is 0 Å². The van der Waals surface area contributed by atoms with Crippen LogP contribution in [0.5, 0.6) is 0 Å². The molecule has 0 radical (unpaired) electrons. The first-order chi connectivity index (χ1) is 9.70. The van der Waals surface area contributed by atoms with Gasteiger partial charge in [-0.2, -0.15) is 0 Å². The van der Waals surface area contributed by atoms with Crippen LogP contribution in [-0.4, -0.2) is 41.6 Å². The summed E-state index contributed by atoms with van der Waals surface area (Å²) in [6, 6.07) is 1.88. The quantitative estimate of drug-likeness (QED) is 0.893. The van der Waals surface area contributed by atoms with Crippen LogP contribution in [0.4, 0.5) is 0 Å². The average Bonchev–Trinajstić information content (AvgIpc) is 2.64. The van der Waals surface area contributed by atoms with Crippen LogP contribution in [0.15, 0.2) is 16.7 Å². The van der Waals surface area contributed by atoms with Gasteiger partial charge in [-0.15, -0.1) is 0 Å². The van der Waals surface area contributed by atoms with Gasteiger partial charge in [-0.05, 0) is 54.9 Å². The van der Waals surface area contributed by atoms with E-state index < -0.39 is 0 Å². The van der Waals surface area contributed by atoms with E-state index in [0.29, 0.717) is 0 Å². The molecule has 0 atom stereocenters. The largest absolute Gasteiger partial charge is 0.349 e. The van der Waals surface area contributed by atoms with Crippen molar-refractivity contribution in [3.63, 3.8) is 0 Å². The summed E-state index contributed by atoms with van der Waals surface area (Å²) in [5.41, 5.74) is 0.732. The second-order valence-electron chi connectivity index (χ2n) is 5.34. The molecular weight excluding hydrogens is 318 g/mol. The van der Waals surface area contributed by atoms with E-state index in [1.54, 1.807) is 0 Å². The minimum absolute atomic E-state index is 0.0207. The van der Waals surface area contributed by atoms with Crippen molar-refractivity contribution >= 4 is 21.8 Å². The van der Waals surface area contributed by atoms with E-state index >= 15 is 0 Å². The third-order valence-electron chi connectivity index (χ3n) is 3.85. The summed E-state index contributed by atoms with van der Waals surface area (Å²) in [5, 5.41) is 3.03. The summed E-state index contributed by atoms with van der Waals surface area (Å²) in [6.45, 7) is 6.88. The van der Waals surface area contributed by atoms with Crippen molar-refractivity contribution in [2.75, 3.05) is 26.2 Å². The summed E-state index contributed by atoms with van der Waals surface area (Å²) in [6.07, 6.45) is 7.23. The van der Waals surface area contributed by atoms with Gasteiger partial charge in [0.2, 0.25) is 0 Å². The number of carbonyl (C=O) groups excluding carboxylic acids is 1. The molecule has 0 aliphatic carbocycles. The van der Waals surface area contributed by atoms with Crippen LogP contribution in [0.2, 0.25) is 0 Å². The second-order valence-corrected chi connectivity index (χ2v) is 6.26. The SMILES string of the molecule is CCn1cc(Br)cc1C(=O)NCCN1CCCCCC1. The number of amides is 1. The Bertz CT molecular complexity index is 436. The fourth-order valence-corrected chi connectivity index (χ4v) is 3.17. The van der Waals surface area contributed by atoms with Crippen LogP contribution in [-0.2, 0) is 6.54 Å². The van der Waals surface area contributed by atoms with Crippen LogP contribution < -0.4 is 5.32 Å². The van der Waals surface area contributed by atoms with E-state index in [1.165, 1.54) is 38.8 Å². The molecule has 1 aromatic heterocycles. The zero-order chi connectivity index (χ0) is 14.4. The summed E-state index contributed by atoms with van der Waals surface area (Å²) in [5.74, 6) is 0.0207. The van der Waals surface area contributed by atoms with Gasteiger partial charge in [0.15, 0.2) is 0 Å². The van der Waals surface area contributed by atoms with Gasteiger partial charge in [-0.3, -0.25) is 4.79 Å². The molecule has 0 bridgehead atoms. The van der Waals surface area contributed by atoms with Crippen molar-refractivity contribution in [2.24, 2.45) is 0 Å². The first kappa shape index (κ1) is 15.6. The minimum Gasteiger partial charge on any atom is -0.349 e. The second kappa shape index (κ2) is 7.84. The molecule has 2 rings (SSSR count). The summed E-state index contributed by atoms with van der Waals surface area (Å²) < 4.78 is 2.92. The van der Waals surface area contributed by atoms with Gasteiger partial charge in [0.05, 0.1) is 0 Å². The van der Waals surface area contributed by atoms with Crippen LogP contribution in [0.25, 0.3) is 0 Å². The number of likely N-dealkylation sites (tertiary alicyclic amines) is 1. The average molecular weight is 342 g/mol. The van der Waals surface area contributed by atoms with Crippen molar-refractivity contribution in [3.8, 4) is 0 Å². The Labute approximate surface area is 129 Å². The Hall–Kier alpha value is -0.810. The van der Waals surface area contributed by atoms with Crippen LogP contribution in [0.1, 0.15) is 43.1 Å². The number of hydrogen-bond acceptors (Lipinski definition) is 2. The smallest absolute Gasteiger partial charge is 0.267 e. The first-order valence-corrected chi connectivity index (χ1v) is 8.36. The standard InChI is InChI=1S/C15H24BrN3O/c1-2-19-12-13(16)11-14(19)15(20)17-7-10-18-8-5-3-4-6-9-18/h11-12H,2-10H2,1H3,(H,17,20). The molecule has 1 aliphatic rings. The van der Waals surface area contributed by atoms with Crippen LogP contribution in [0, 0.1) is 0 Å². The highest BCUT2D eigenvalue weighted by molar-refractivity contribution is 9.10. The molecule has 0 unspecified atom stereocenters. The van der Waals surface area contributed by atoms with Crippen LogP contribution >= 0.6 is 15.9 Å². The molecule has 1 amide bonds. The first-order valence-electron chi connectivity index (χ1n) is 7.57. The molecular formula is C15H24BrN3O. The number of rotatable bonds is 5. The molecule has 1 aromatic rings. The Morgan fingerprint density at radius 3 is 2.65 bits per heavy atom. The lowest BCUT2D eigenvalue weighted by atomic mass is 10.2. The molecule has 4 nitrogen and oxygen atoms in total. The highest BCUT2D eigenvalue weighted by Gasteiger charge is 2.13. The van der Waals surface area contributed by atoms with Gasteiger partial charge >= 0.3 is 0 Å². The van der Waals surface area contributed by atoms with Gasteiger partial charge < -0.3 is 14.8 Å². The Balaban J connectivity index is 1.79. The van der Waals surface area contributed by atoms with E-state index in [1.807, 2.05) is 23.8 Å². The molecule has 112 valence electrons. The number of nitrogens with one attached hydrogen (secondary N) is 1. The molecule has 1 aliphatic heterocycles. The summed E-state index contributed by atoms with van der Waals surface area (Å²) in [7, 11) is 0. The fraction of sp³-hybridized carbons (Fsp3) is 0.667. The molecule has 1 fully saturated rings. The van der Waals surface area contributed by atoms with Gasteiger partial charge in [0, 0.05) is 30.3 Å². The number of nitrogens with zero attached hydrogens (tertiary/aromatic N) is 2. The maximum atomic E-state index is 12.2. The lowest BCUT2D eigenvalue weighted by Crippen LogP contribution is -2.36. The van der Waals surface area contributed by atoms with E-state index in [-0.39, 0.29) is 5.91 Å². The maximum Gasteiger partial charge on any atom is 0.267 e. The predicted octanol–water partition coefficient (Wildman–Crippen LogP) is 2.88. The number of halogens is 1. The molecule has 5 heteroatoms. The number of aromatic nitrogens is 1. The maximum absolute atomic E-state index is 12.2. The van der Waals surface area contributed by atoms with Crippen molar-refractivity contribution in [1.82, 2.24) is 14.8 Å². The fourth-order valence-electron chi connectivity index (χ4n) is 2.70. The summed E-state index contributed by atoms with van der Waals surface area (Å²) >= 11 is 3.42. The number of carbonyl (C=O) groups is 1. The summed E-state index contributed by atoms with van der Waals surface area (Å²) in [4.78, 5) is 14.6. The van der Waals surface area contributed by atoms with Crippen molar-refractivity contribution in [1.29, 1.82) is 0 Å². The van der Waals surface area contributed by atoms with Crippen molar-refractivity contribution in [3.05, 3.63) is 22.4 Å². The predicted molar refractivity (Wildman–Crippen MR) is 85.0 cm³/mol. The van der Waals surface area contributed by atoms with Crippen molar-refractivity contribution in [2.45, 2.75) is 39.2 Å². The van der Waals surface area contributed by atoms with E-state index in [9.17, 15) is 4.79 Å². The highest BCUT2D eigenvalue weighted by Crippen LogP contribution is 2.15. The molecule has 2 heterocycles. The molecule has 0 aromatic carbocycles. The monoisotopic (exact) mass is 341 g/mol. The Morgan fingerprint density at radius 1 is 1.30 bits per heavy atom. The van der Waals surface area contributed by atoms with E-state index in [0.717, 1.165) is 29.8 Å². The highest BCUT2D eigenvalue weighted by atomic mass is 79.9. The van der Waals surface area contributed by atoms with Gasteiger partial charge in [0.1, 0.15) is 5.69 Å². The molecule has 20 heavy (non-hydrogen) atoms. The lowest BCUT2D eigenvalue weighted by Gasteiger charge is -2.19. The zero-order valence-corrected chi connectivity index (χ0v) is 13.8. The van der Waals surface area contributed by atoms with E-state index in [4.69, 9.17) is 0 Å². The molecule has 0 saturated carbocycles. The minimum atomic E-state index is 0.0207. The topological polar surface area (TPSA) is 37.3 Å². The third kappa shape index (κ3) is 4.35. The number of hydrogen-bond donors (Lipinski definition) is 1. The van der Waals surface area contributed by atoms with Crippen molar-refractivity contribution < 1.29 is 4.79 Å². The Kier molecular flexibility index (Phi) is 6.10. The normalized spacial score (nSPS) is 16.9. The zero-order valence-electron chi connectivity index (χ0n) is 12.2.